The van der Waals surface area contributed by atoms with E-state index in [1.165, 1.54) is 4.68 Å². The molecule has 2 aromatic rings. The zero-order valence-corrected chi connectivity index (χ0v) is 12.0. The number of aliphatic hydroxyl groups excluding tert-OH is 1. The number of benzene rings is 1. The van der Waals surface area contributed by atoms with Gasteiger partial charge in [-0.3, -0.25) is 4.79 Å². The SMILES string of the molecule is COc1cccc(CNC(=O)Cn2cc(C(C)O)nn2)c1. The standard InChI is InChI=1S/C14H18N4O3/c1-10(19)13-8-18(17-16-13)9-14(20)15-7-11-4-3-5-12(6-11)21-2/h3-6,8,10,19H,7,9H2,1-2H3,(H,15,20). The summed E-state index contributed by atoms with van der Waals surface area (Å²) < 4.78 is 6.52. The fraction of sp³-hybridized carbons (Fsp3) is 0.357. The fourth-order valence-electron chi connectivity index (χ4n) is 1.77. The van der Waals surface area contributed by atoms with Crippen molar-refractivity contribution in [1.82, 2.24) is 20.3 Å². The lowest BCUT2D eigenvalue weighted by Gasteiger charge is -2.06. The number of rotatable bonds is 6. The van der Waals surface area contributed by atoms with Gasteiger partial charge in [-0.25, -0.2) is 4.68 Å². The van der Waals surface area contributed by atoms with Crippen molar-refractivity contribution in [3.8, 4) is 5.75 Å². The number of carbonyl (C=O) groups excluding carboxylic acids is 1. The van der Waals surface area contributed by atoms with Gasteiger partial charge in [0.15, 0.2) is 0 Å². The summed E-state index contributed by atoms with van der Waals surface area (Å²) in [5.74, 6) is 0.569. The molecule has 1 heterocycles. The smallest absolute Gasteiger partial charge is 0.242 e. The van der Waals surface area contributed by atoms with E-state index in [0.717, 1.165) is 11.3 Å². The maximum absolute atomic E-state index is 11.8. The van der Waals surface area contributed by atoms with Gasteiger partial charge in [-0.15, -0.1) is 5.10 Å². The second-order valence-corrected chi connectivity index (χ2v) is 4.65. The van der Waals surface area contributed by atoms with Gasteiger partial charge < -0.3 is 15.2 Å². The van der Waals surface area contributed by atoms with Gasteiger partial charge in [0.25, 0.3) is 0 Å². The van der Waals surface area contributed by atoms with Crippen molar-refractivity contribution in [2.45, 2.75) is 26.1 Å². The summed E-state index contributed by atoms with van der Waals surface area (Å²) in [6.45, 7) is 2.06. The monoisotopic (exact) mass is 290 g/mol. The molecule has 7 heteroatoms. The lowest BCUT2D eigenvalue weighted by molar-refractivity contribution is -0.122. The minimum Gasteiger partial charge on any atom is -0.497 e. The minimum atomic E-state index is -0.696. The molecule has 0 aliphatic rings. The molecule has 1 aromatic heterocycles. The van der Waals surface area contributed by atoms with E-state index in [0.29, 0.717) is 12.2 Å². The summed E-state index contributed by atoms with van der Waals surface area (Å²) in [7, 11) is 1.60. The van der Waals surface area contributed by atoms with Gasteiger partial charge in [0, 0.05) is 6.54 Å². The van der Waals surface area contributed by atoms with Crippen molar-refractivity contribution in [2.24, 2.45) is 0 Å². The first-order valence-corrected chi connectivity index (χ1v) is 6.56. The van der Waals surface area contributed by atoms with Crippen molar-refractivity contribution in [1.29, 1.82) is 0 Å². The Hall–Kier alpha value is -2.41. The zero-order valence-electron chi connectivity index (χ0n) is 12.0. The van der Waals surface area contributed by atoms with Crippen LogP contribution in [0.5, 0.6) is 5.75 Å². The molecule has 1 unspecified atom stereocenters. The first-order chi connectivity index (χ1) is 10.1. The summed E-state index contributed by atoms with van der Waals surface area (Å²) in [5, 5.41) is 19.7. The van der Waals surface area contributed by atoms with E-state index in [2.05, 4.69) is 15.6 Å². The van der Waals surface area contributed by atoms with Gasteiger partial charge >= 0.3 is 0 Å². The second kappa shape index (κ2) is 6.85. The Morgan fingerprint density at radius 3 is 3.00 bits per heavy atom. The van der Waals surface area contributed by atoms with Crippen molar-refractivity contribution in [3.63, 3.8) is 0 Å². The van der Waals surface area contributed by atoms with Gasteiger partial charge in [0.1, 0.15) is 18.0 Å². The van der Waals surface area contributed by atoms with Crippen LogP contribution in [0.4, 0.5) is 0 Å². The number of hydrogen-bond acceptors (Lipinski definition) is 5. The molecule has 0 radical (unpaired) electrons. The third-order valence-corrected chi connectivity index (χ3v) is 2.91. The Balaban J connectivity index is 1.86. The van der Waals surface area contributed by atoms with E-state index < -0.39 is 6.10 Å². The second-order valence-electron chi connectivity index (χ2n) is 4.65. The molecule has 0 fully saturated rings. The molecule has 1 atom stereocenters. The molecular formula is C14H18N4O3. The van der Waals surface area contributed by atoms with Crippen LogP contribution >= 0.6 is 0 Å². The molecule has 2 rings (SSSR count). The van der Waals surface area contributed by atoms with Gasteiger partial charge in [-0.2, -0.15) is 0 Å². The summed E-state index contributed by atoms with van der Waals surface area (Å²) in [5.41, 5.74) is 1.39. The molecule has 0 bridgehead atoms. The normalized spacial score (nSPS) is 12.0. The van der Waals surface area contributed by atoms with E-state index in [-0.39, 0.29) is 12.5 Å². The maximum atomic E-state index is 11.8. The Bertz CT molecular complexity index is 610. The summed E-state index contributed by atoms with van der Waals surface area (Å²) in [4.78, 5) is 11.8. The van der Waals surface area contributed by atoms with Crippen LogP contribution in [0, 0.1) is 0 Å². The summed E-state index contributed by atoms with van der Waals surface area (Å²) >= 11 is 0. The van der Waals surface area contributed by atoms with Gasteiger partial charge in [-0.1, -0.05) is 17.3 Å². The van der Waals surface area contributed by atoms with E-state index in [4.69, 9.17) is 4.74 Å². The highest BCUT2D eigenvalue weighted by Gasteiger charge is 2.09. The molecular weight excluding hydrogens is 272 g/mol. The largest absolute Gasteiger partial charge is 0.497 e. The fourth-order valence-corrected chi connectivity index (χ4v) is 1.77. The van der Waals surface area contributed by atoms with Crippen molar-refractivity contribution in [2.75, 3.05) is 7.11 Å². The summed E-state index contributed by atoms with van der Waals surface area (Å²) in [6.07, 6.45) is 0.856. The van der Waals surface area contributed by atoms with Crippen molar-refractivity contribution < 1.29 is 14.6 Å². The molecule has 0 spiro atoms. The van der Waals surface area contributed by atoms with Crippen LogP contribution < -0.4 is 10.1 Å². The Morgan fingerprint density at radius 1 is 1.52 bits per heavy atom. The van der Waals surface area contributed by atoms with Gasteiger partial charge in [-0.05, 0) is 24.6 Å². The van der Waals surface area contributed by atoms with Crippen molar-refractivity contribution >= 4 is 5.91 Å². The van der Waals surface area contributed by atoms with Crippen LogP contribution in [0.3, 0.4) is 0 Å². The minimum absolute atomic E-state index is 0.0592. The van der Waals surface area contributed by atoms with Gasteiger partial charge in [0.2, 0.25) is 5.91 Å². The van der Waals surface area contributed by atoms with Crippen LogP contribution in [0.15, 0.2) is 30.5 Å². The topological polar surface area (TPSA) is 89.3 Å². The number of nitrogens with zero attached hydrogens (tertiary/aromatic N) is 3. The molecule has 1 amide bonds. The average Bonchev–Trinajstić information content (AvgIpc) is 2.94. The number of aromatic nitrogens is 3. The average molecular weight is 290 g/mol. The molecule has 0 aliphatic carbocycles. The van der Waals surface area contributed by atoms with E-state index in [1.54, 1.807) is 20.2 Å². The van der Waals surface area contributed by atoms with Crippen LogP contribution in [0.2, 0.25) is 0 Å². The number of amides is 1. The number of hydrogen-bond donors (Lipinski definition) is 2. The van der Waals surface area contributed by atoms with Crippen molar-refractivity contribution in [3.05, 3.63) is 41.7 Å². The third-order valence-electron chi connectivity index (χ3n) is 2.91. The number of ether oxygens (including phenoxy) is 1. The predicted octanol–water partition coefficient (Wildman–Crippen LogP) is 0.656. The quantitative estimate of drug-likeness (QED) is 0.815. The highest BCUT2D eigenvalue weighted by atomic mass is 16.5. The summed E-state index contributed by atoms with van der Waals surface area (Å²) in [6, 6.07) is 7.48. The van der Waals surface area contributed by atoms with E-state index in [9.17, 15) is 9.90 Å². The van der Waals surface area contributed by atoms with Crippen LogP contribution in [0.1, 0.15) is 24.3 Å². The Morgan fingerprint density at radius 2 is 2.33 bits per heavy atom. The third kappa shape index (κ3) is 4.28. The Kier molecular flexibility index (Phi) is 4.89. The Labute approximate surface area is 122 Å². The predicted molar refractivity (Wildman–Crippen MR) is 75.5 cm³/mol. The lowest BCUT2D eigenvalue weighted by atomic mass is 10.2. The van der Waals surface area contributed by atoms with E-state index >= 15 is 0 Å². The van der Waals surface area contributed by atoms with Crippen LogP contribution in [-0.2, 0) is 17.9 Å². The first kappa shape index (κ1) is 15.0. The molecule has 1 aromatic carbocycles. The molecule has 0 aliphatic heterocycles. The number of aliphatic hydroxyl groups is 1. The molecule has 7 nitrogen and oxygen atoms in total. The number of methoxy groups -OCH3 is 1. The highest BCUT2D eigenvalue weighted by molar-refractivity contribution is 5.75. The van der Waals surface area contributed by atoms with Gasteiger partial charge in [0.05, 0.1) is 19.4 Å². The van der Waals surface area contributed by atoms with E-state index in [1.807, 2.05) is 24.3 Å². The highest BCUT2D eigenvalue weighted by Crippen LogP contribution is 2.12. The number of carbonyl (C=O) groups is 1. The zero-order chi connectivity index (χ0) is 15.2. The first-order valence-electron chi connectivity index (χ1n) is 6.56. The maximum Gasteiger partial charge on any atom is 0.242 e. The molecule has 21 heavy (non-hydrogen) atoms. The number of nitrogens with one attached hydrogen (secondary N) is 1. The lowest BCUT2D eigenvalue weighted by Crippen LogP contribution is -2.27. The van der Waals surface area contributed by atoms with Crippen LogP contribution in [0.25, 0.3) is 0 Å². The molecule has 2 N–H and O–H groups in total. The molecule has 0 saturated heterocycles. The van der Waals surface area contributed by atoms with Crippen LogP contribution in [-0.4, -0.2) is 33.1 Å². The molecule has 112 valence electrons. The molecule has 0 saturated carbocycles.